The average molecular weight is 415 g/mol. The Bertz CT molecular complexity index is 1370. The topological polar surface area (TPSA) is 92.7 Å². The molecular weight excluding hydrogens is 390 g/mol. The summed E-state index contributed by atoms with van der Waals surface area (Å²) in [5.41, 5.74) is 5.75. The molecule has 1 aliphatic carbocycles. The number of nitrogens with zero attached hydrogens (tertiary/aromatic N) is 3. The van der Waals surface area contributed by atoms with Gasteiger partial charge in [0, 0.05) is 19.1 Å². The summed E-state index contributed by atoms with van der Waals surface area (Å²) in [4.78, 5) is 35.2. The maximum absolute atomic E-state index is 12.4. The van der Waals surface area contributed by atoms with Crippen LogP contribution in [0.4, 0.5) is 0 Å². The van der Waals surface area contributed by atoms with Gasteiger partial charge in [0.2, 0.25) is 0 Å². The first-order valence-electron chi connectivity index (χ1n) is 10.7. The highest BCUT2D eigenvalue weighted by Gasteiger charge is 2.21. The average Bonchev–Trinajstić information content (AvgIpc) is 2.75. The van der Waals surface area contributed by atoms with Crippen LogP contribution in [-0.2, 0) is 19.4 Å². The molecule has 2 aromatic rings. The molecule has 0 fully saturated rings. The Hall–Kier alpha value is -3.32. The predicted molar refractivity (Wildman–Crippen MR) is 121 cm³/mol. The van der Waals surface area contributed by atoms with E-state index in [4.69, 9.17) is 0 Å². The van der Waals surface area contributed by atoms with Crippen molar-refractivity contribution in [3.05, 3.63) is 79.5 Å². The third kappa shape index (κ3) is 3.65. The van der Waals surface area contributed by atoms with Gasteiger partial charge in [-0.15, -0.1) is 0 Å². The molecule has 2 N–H and O–H groups in total. The third-order valence-corrected chi connectivity index (χ3v) is 6.34. The molecule has 3 aliphatic rings. The highest BCUT2D eigenvalue weighted by molar-refractivity contribution is 5.81. The van der Waals surface area contributed by atoms with E-state index < -0.39 is 11.2 Å². The first kappa shape index (κ1) is 19.6. The van der Waals surface area contributed by atoms with E-state index in [-0.39, 0.29) is 5.69 Å². The van der Waals surface area contributed by atoms with Gasteiger partial charge in [-0.25, -0.2) is 9.78 Å². The molecule has 0 aromatic heterocycles. The molecule has 31 heavy (non-hydrogen) atoms. The minimum Gasteiger partial charge on any atom is -0.321 e. The highest BCUT2D eigenvalue weighted by atomic mass is 16.2. The summed E-state index contributed by atoms with van der Waals surface area (Å²) in [6.45, 7) is 5.37. The Labute approximate surface area is 179 Å². The van der Waals surface area contributed by atoms with Gasteiger partial charge in [0.25, 0.3) is 5.56 Å². The van der Waals surface area contributed by atoms with Crippen LogP contribution in [0.2, 0.25) is 0 Å². The van der Waals surface area contributed by atoms with Gasteiger partial charge in [0.1, 0.15) is 0 Å². The summed E-state index contributed by atoms with van der Waals surface area (Å²) >= 11 is 0. The van der Waals surface area contributed by atoms with Crippen LogP contribution in [0.5, 0.6) is 0 Å². The second kappa shape index (κ2) is 7.74. The van der Waals surface area contributed by atoms with Crippen molar-refractivity contribution in [1.29, 1.82) is 0 Å². The lowest BCUT2D eigenvalue weighted by Gasteiger charge is -2.26. The minimum absolute atomic E-state index is 0.196. The van der Waals surface area contributed by atoms with Gasteiger partial charge < -0.3 is 9.88 Å². The molecule has 158 valence electrons. The molecule has 2 aliphatic heterocycles. The van der Waals surface area contributed by atoms with Crippen molar-refractivity contribution < 1.29 is 0 Å². The number of nitrogens with one attached hydrogen (secondary N) is 2. The SMILES string of the molecule is Cc1cc2nc3c(=O)[nH]c(=O)nc-3n(CCNC3CCc4ccccc4C3)c2cc1C. The third-order valence-electron chi connectivity index (χ3n) is 6.34. The maximum Gasteiger partial charge on any atom is 0.349 e. The van der Waals surface area contributed by atoms with E-state index >= 15 is 0 Å². The zero-order valence-electron chi connectivity index (χ0n) is 17.7. The van der Waals surface area contributed by atoms with Crippen molar-refractivity contribution in [3.8, 4) is 11.5 Å². The lowest BCUT2D eigenvalue weighted by Crippen LogP contribution is -2.37. The van der Waals surface area contributed by atoms with Crippen molar-refractivity contribution in [1.82, 2.24) is 24.8 Å². The van der Waals surface area contributed by atoms with Crippen LogP contribution < -0.4 is 16.6 Å². The van der Waals surface area contributed by atoms with Gasteiger partial charge in [-0.2, -0.15) is 4.98 Å². The lowest BCUT2D eigenvalue weighted by molar-refractivity contribution is 0.445. The predicted octanol–water partition coefficient (Wildman–Crippen LogP) is 2.35. The fourth-order valence-electron chi connectivity index (χ4n) is 4.53. The van der Waals surface area contributed by atoms with Crippen LogP contribution in [0, 0.1) is 13.8 Å². The molecule has 7 heteroatoms. The number of hydrogen-bond acceptors (Lipinski definition) is 5. The van der Waals surface area contributed by atoms with Crippen molar-refractivity contribution in [2.75, 3.05) is 6.54 Å². The lowest BCUT2D eigenvalue weighted by atomic mass is 9.88. The Kier molecular flexibility index (Phi) is 4.90. The molecule has 7 nitrogen and oxygen atoms in total. The number of rotatable bonds is 4. The molecule has 2 heterocycles. The molecule has 0 bridgehead atoms. The number of fused-ring (bicyclic) bond motifs is 3. The molecule has 5 rings (SSSR count). The number of aromatic nitrogens is 4. The Morgan fingerprint density at radius 3 is 2.71 bits per heavy atom. The number of aromatic amines is 1. The normalized spacial score (nSPS) is 16.0. The van der Waals surface area contributed by atoms with Crippen LogP contribution in [0.25, 0.3) is 22.6 Å². The minimum atomic E-state index is -0.645. The Morgan fingerprint density at radius 1 is 1.10 bits per heavy atom. The van der Waals surface area contributed by atoms with Crippen LogP contribution in [0.1, 0.15) is 28.7 Å². The smallest absolute Gasteiger partial charge is 0.321 e. The summed E-state index contributed by atoms with van der Waals surface area (Å²) < 4.78 is 1.95. The van der Waals surface area contributed by atoms with Crippen LogP contribution in [-0.4, -0.2) is 32.1 Å². The molecule has 0 amide bonds. The summed E-state index contributed by atoms with van der Waals surface area (Å²) in [6.07, 6.45) is 3.19. The van der Waals surface area contributed by atoms with E-state index in [2.05, 4.69) is 50.6 Å². The standard InChI is InChI=1S/C24H25N5O2/c1-14-11-19-20(12-15(14)2)29(22-21(26-19)23(30)28-24(31)27-22)10-9-25-18-8-7-16-5-3-4-6-17(16)13-18/h3-6,11-12,18,25H,7-10,13H2,1-2H3,(H,28,30,31). The van der Waals surface area contributed by atoms with E-state index in [9.17, 15) is 9.59 Å². The highest BCUT2D eigenvalue weighted by Crippen LogP contribution is 2.24. The van der Waals surface area contributed by atoms with Gasteiger partial charge in [0.05, 0.1) is 11.0 Å². The van der Waals surface area contributed by atoms with Crippen molar-refractivity contribution >= 4 is 11.0 Å². The first-order chi connectivity index (χ1) is 15.0. The number of hydrogen-bond donors (Lipinski definition) is 2. The largest absolute Gasteiger partial charge is 0.349 e. The van der Waals surface area contributed by atoms with E-state index in [1.807, 2.05) is 24.5 Å². The van der Waals surface area contributed by atoms with Gasteiger partial charge in [0.15, 0.2) is 11.5 Å². The fraction of sp³-hybridized carbons (Fsp3) is 0.333. The molecular formula is C24H25N5O2. The van der Waals surface area contributed by atoms with E-state index in [1.165, 1.54) is 11.1 Å². The van der Waals surface area contributed by atoms with Crippen molar-refractivity contribution in [2.45, 2.75) is 45.7 Å². The summed E-state index contributed by atoms with van der Waals surface area (Å²) in [5.74, 6) is 0.334. The molecule has 0 saturated carbocycles. The van der Waals surface area contributed by atoms with Gasteiger partial charge in [-0.3, -0.25) is 9.78 Å². The van der Waals surface area contributed by atoms with Crippen molar-refractivity contribution in [2.24, 2.45) is 0 Å². The van der Waals surface area contributed by atoms with Gasteiger partial charge in [-0.05, 0) is 67.5 Å². The summed E-state index contributed by atoms with van der Waals surface area (Å²) in [6, 6.07) is 13.1. The molecule has 0 radical (unpaired) electrons. The number of aryl methyl sites for hydroxylation is 3. The van der Waals surface area contributed by atoms with Gasteiger partial charge in [-0.1, -0.05) is 24.3 Å². The summed E-state index contributed by atoms with van der Waals surface area (Å²) in [5, 5.41) is 3.66. The first-order valence-corrected chi connectivity index (χ1v) is 10.7. The Balaban J connectivity index is 1.47. The number of benzene rings is 2. The van der Waals surface area contributed by atoms with Crippen LogP contribution in [0.3, 0.4) is 0 Å². The fourth-order valence-corrected chi connectivity index (χ4v) is 4.53. The quantitative estimate of drug-likeness (QED) is 0.499. The van der Waals surface area contributed by atoms with Gasteiger partial charge >= 0.3 is 5.69 Å². The van der Waals surface area contributed by atoms with E-state index in [0.29, 0.717) is 25.0 Å². The Morgan fingerprint density at radius 2 is 1.87 bits per heavy atom. The maximum atomic E-state index is 12.4. The summed E-state index contributed by atoms with van der Waals surface area (Å²) in [7, 11) is 0. The number of H-pyrrole nitrogens is 1. The zero-order valence-corrected chi connectivity index (χ0v) is 17.7. The molecule has 0 spiro atoms. The zero-order chi connectivity index (χ0) is 21.5. The van der Waals surface area contributed by atoms with Crippen LogP contribution >= 0.6 is 0 Å². The molecule has 2 aromatic carbocycles. The van der Waals surface area contributed by atoms with Crippen LogP contribution in [0.15, 0.2) is 46.0 Å². The van der Waals surface area contributed by atoms with E-state index in [1.54, 1.807) is 0 Å². The monoisotopic (exact) mass is 415 g/mol. The van der Waals surface area contributed by atoms with E-state index in [0.717, 1.165) is 41.4 Å². The molecule has 0 saturated heterocycles. The molecule has 1 atom stereocenters. The molecule has 1 unspecified atom stereocenters. The second-order valence-electron chi connectivity index (χ2n) is 8.39. The van der Waals surface area contributed by atoms with Crippen molar-refractivity contribution in [3.63, 3.8) is 0 Å². The second-order valence-corrected chi connectivity index (χ2v) is 8.39.